The quantitative estimate of drug-likeness (QED) is 0.799. The van der Waals surface area contributed by atoms with Gasteiger partial charge >= 0.3 is 0 Å². The van der Waals surface area contributed by atoms with Crippen molar-refractivity contribution in [1.29, 1.82) is 0 Å². The van der Waals surface area contributed by atoms with Gasteiger partial charge in [0.2, 0.25) is 5.95 Å². The standard InChI is InChI=1S/C15H17FN4O/c1-4-20-14-6-5-11(16)7-13(14)18-15(20)17-8-12-9(2)19-21-10(12)3/h5-7H,4,8H2,1-3H3,(H,17,18). The highest BCUT2D eigenvalue weighted by Gasteiger charge is 2.13. The maximum absolute atomic E-state index is 13.3. The van der Waals surface area contributed by atoms with Crippen LogP contribution in [0.2, 0.25) is 0 Å². The van der Waals surface area contributed by atoms with E-state index >= 15 is 0 Å². The molecule has 0 bridgehead atoms. The summed E-state index contributed by atoms with van der Waals surface area (Å²) in [5, 5.41) is 7.22. The van der Waals surface area contributed by atoms with E-state index in [9.17, 15) is 4.39 Å². The highest BCUT2D eigenvalue weighted by atomic mass is 19.1. The molecule has 3 rings (SSSR count). The lowest BCUT2D eigenvalue weighted by atomic mass is 10.2. The number of aryl methyl sites for hydroxylation is 3. The van der Waals surface area contributed by atoms with Gasteiger partial charge in [0.1, 0.15) is 11.6 Å². The van der Waals surface area contributed by atoms with E-state index in [1.165, 1.54) is 12.1 Å². The van der Waals surface area contributed by atoms with Crippen molar-refractivity contribution < 1.29 is 8.91 Å². The van der Waals surface area contributed by atoms with Gasteiger partial charge in [0.25, 0.3) is 0 Å². The lowest BCUT2D eigenvalue weighted by Crippen LogP contribution is -2.07. The third kappa shape index (κ3) is 2.37. The number of benzene rings is 1. The van der Waals surface area contributed by atoms with E-state index in [0.29, 0.717) is 12.1 Å². The smallest absolute Gasteiger partial charge is 0.204 e. The Kier molecular flexibility index (Phi) is 3.37. The number of nitrogens with one attached hydrogen (secondary N) is 1. The van der Waals surface area contributed by atoms with Crippen LogP contribution in [0.15, 0.2) is 22.7 Å². The summed E-state index contributed by atoms with van der Waals surface area (Å²) < 4.78 is 20.5. The Morgan fingerprint density at radius 3 is 2.81 bits per heavy atom. The van der Waals surface area contributed by atoms with Crippen LogP contribution in [0, 0.1) is 19.7 Å². The summed E-state index contributed by atoms with van der Waals surface area (Å²) in [4.78, 5) is 4.46. The van der Waals surface area contributed by atoms with Crippen LogP contribution in [-0.4, -0.2) is 14.7 Å². The van der Waals surface area contributed by atoms with E-state index in [0.717, 1.165) is 35.0 Å². The molecule has 0 saturated heterocycles. The molecule has 3 aromatic rings. The van der Waals surface area contributed by atoms with Gasteiger partial charge in [-0.25, -0.2) is 9.37 Å². The average molecular weight is 288 g/mol. The van der Waals surface area contributed by atoms with Crippen LogP contribution in [0.5, 0.6) is 0 Å². The Morgan fingerprint density at radius 1 is 1.33 bits per heavy atom. The summed E-state index contributed by atoms with van der Waals surface area (Å²) in [6.07, 6.45) is 0. The summed E-state index contributed by atoms with van der Waals surface area (Å²) in [5.41, 5.74) is 3.46. The van der Waals surface area contributed by atoms with Crippen molar-refractivity contribution in [2.75, 3.05) is 5.32 Å². The average Bonchev–Trinajstić information content (AvgIpc) is 2.96. The molecule has 6 heteroatoms. The Morgan fingerprint density at radius 2 is 2.14 bits per heavy atom. The van der Waals surface area contributed by atoms with Crippen LogP contribution >= 0.6 is 0 Å². The highest BCUT2D eigenvalue weighted by molar-refractivity contribution is 5.78. The van der Waals surface area contributed by atoms with Gasteiger partial charge < -0.3 is 14.4 Å². The molecule has 21 heavy (non-hydrogen) atoms. The predicted octanol–water partition coefficient (Wildman–Crippen LogP) is 3.41. The predicted molar refractivity (Wildman–Crippen MR) is 78.7 cm³/mol. The number of imidazole rings is 1. The van der Waals surface area contributed by atoms with Gasteiger partial charge in [-0.1, -0.05) is 5.16 Å². The number of halogens is 1. The van der Waals surface area contributed by atoms with Gasteiger partial charge in [-0.15, -0.1) is 0 Å². The van der Waals surface area contributed by atoms with Gasteiger partial charge in [-0.2, -0.15) is 0 Å². The van der Waals surface area contributed by atoms with E-state index in [2.05, 4.69) is 15.5 Å². The second-order valence-corrected chi connectivity index (χ2v) is 4.97. The van der Waals surface area contributed by atoms with Gasteiger partial charge in [-0.05, 0) is 32.9 Å². The van der Waals surface area contributed by atoms with Crippen LogP contribution in [0.25, 0.3) is 11.0 Å². The molecule has 0 saturated carbocycles. The second-order valence-electron chi connectivity index (χ2n) is 4.97. The maximum atomic E-state index is 13.3. The fraction of sp³-hybridized carbons (Fsp3) is 0.333. The first kappa shape index (κ1) is 13.6. The molecule has 110 valence electrons. The summed E-state index contributed by atoms with van der Waals surface area (Å²) in [5.74, 6) is 1.24. The monoisotopic (exact) mass is 288 g/mol. The van der Waals surface area contributed by atoms with Gasteiger partial charge in [0, 0.05) is 24.7 Å². The lowest BCUT2D eigenvalue weighted by molar-refractivity contribution is 0.392. The van der Waals surface area contributed by atoms with Crippen LogP contribution in [-0.2, 0) is 13.1 Å². The molecule has 0 unspecified atom stereocenters. The van der Waals surface area contributed by atoms with Crippen molar-refractivity contribution in [3.05, 3.63) is 41.0 Å². The van der Waals surface area contributed by atoms with Crippen LogP contribution < -0.4 is 5.32 Å². The first-order valence-corrected chi connectivity index (χ1v) is 6.91. The Hall–Kier alpha value is -2.37. The SMILES string of the molecule is CCn1c(NCc2c(C)noc2C)nc2cc(F)ccc21. The number of hydrogen-bond acceptors (Lipinski definition) is 4. The largest absolute Gasteiger partial charge is 0.361 e. The van der Waals surface area contributed by atoms with Crippen LogP contribution in [0.4, 0.5) is 10.3 Å². The first-order valence-electron chi connectivity index (χ1n) is 6.91. The normalized spacial score (nSPS) is 11.2. The van der Waals surface area contributed by atoms with E-state index < -0.39 is 0 Å². The summed E-state index contributed by atoms with van der Waals surface area (Å²) in [7, 11) is 0. The van der Waals surface area contributed by atoms with Crippen LogP contribution in [0.3, 0.4) is 0 Å². The molecule has 5 nitrogen and oxygen atoms in total. The van der Waals surface area contributed by atoms with E-state index in [1.807, 2.05) is 25.3 Å². The van der Waals surface area contributed by atoms with Crippen molar-refractivity contribution in [2.24, 2.45) is 0 Å². The molecule has 0 aliphatic rings. The molecular formula is C15H17FN4O. The maximum Gasteiger partial charge on any atom is 0.204 e. The highest BCUT2D eigenvalue weighted by Crippen LogP contribution is 2.22. The van der Waals surface area contributed by atoms with Crippen molar-refractivity contribution >= 4 is 17.0 Å². The van der Waals surface area contributed by atoms with Crippen LogP contribution in [0.1, 0.15) is 23.9 Å². The zero-order chi connectivity index (χ0) is 15.0. The molecule has 0 aliphatic carbocycles. The number of rotatable bonds is 4. The summed E-state index contributed by atoms with van der Waals surface area (Å²) in [6, 6.07) is 4.65. The number of anilines is 1. The number of hydrogen-bond donors (Lipinski definition) is 1. The lowest BCUT2D eigenvalue weighted by Gasteiger charge is -2.08. The van der Waals surface area contributed by atoms with Crippen molar-refractivity contribution in [1.82, 2.24) is 14.7 Å². The molecule has 0 amide bonds. The topological polar surface area (TPSA) is 55.9 Å². The first-order chi connectivity index (χ1) is 10.1. The molecule has 0 aliphatic heterocycles. The van der Waals surface area contributed by atoms with Gasteiger partial charge in [0.15, 0.2) is 0 Å². The van der Waals surface area contributed by atoms with Crippen molar-refractivity contribution in [2.45, 2.75) is 33.9 Å². The summed E-state index contributed by atoms with van der Waals surface area (Å²) in [6.45, 7) is 7.16. The Bertz CT molecular complexity index is 771. The molecule has 1 aromatic carbocycles. The van der Waals surface area contributed by atoms with E-state index in [1.54, 1.807) is 6.07 Å². The van der Waals surface area contributed by atoms with Crippen molar-refractivity contribution in [3.63, 3.8) is 0 Å². The Balaban J connectivity index is 1.93. The number of aromatic nitrogens is 3. The molecule has 2 aromatic heterocycles. The van der Waals surface area contributed by atoms with E-state index in [-0.39, 0.29) is 5.82 Å². The molecule has 0 spiro atoms. The molecule has 1 N–H and O–H groups in total. The third-order valence-corrected chi connectivity index (χ3v) is 3.63. The molecule has 0 fully saturated rings. The minimum Gasteiger partial charge on any atom is -0.361 e. The molecule has 0 atom stereocenters. The number of fused-ring (bicyclic) bond motifs is 1. The van der Waals surface area contributed by atoms with Gasteiger partial charge in [-0.3, -0.25) is 0 Å². The van der Waals surface area contributed by atoms with Gasteiger partial charge in [0.05, 0.1) is 16.7 Å². The summed E-state index contributed by atoms with van der Waals surface area (Å²) >= 11 is 0. The fourth-order valence-corrected chi connectivity index (χ4v) is 2.48. The minimum atomic E-state index is -0.277. The minimum absolute atomic E-state index is 0.277. The Labute approximate surface area is 121 Å². The zero-order valence-electron chi connectivity index (χ0n) is 12.3. The molecule has 0 radical (unpaired) electrons. The molecule has 2 heterocycles. The van der Waals surface area contributed by atoms with E-state index in [4.69, 9.17) is 4.52 Å². The molecular weight excluding hydrogens is 271 g/mol. The number of nitrogens with zero attached hydrogens (tertiary/aromatic N) is 3. The fourth-order valence-electron chi connectivity index (χ4n) is 2.48. The third-order valence-electron chi connectivity index (χ3n) is 3.63. The van der Waals surface area contributed by atoms with Crippen molar-refractivity contribution in [3.8, 4) is 0 Å². The second kappa shape index (κ2) is 5.20. The zero-order valence-corrected chi connectivity index (χ0v) is 12.3.